The SMILES string of the molecule is O=C(Nc1ccc(C(=O)N2CCCC(N3CCOCC3)c3ccccc32)cc1)c1ccccc1Cl. The third kappa shape index (κ3) is 5.10. The molecule has 0 radical (unpaired) electrons. The van der Waals surface area contributed by atoms with Crippen LogP contribution in [0.1, 0.15) is 45.2 Å². The van der Waals surface area contributed by atoms with Crippen molar-refractivity contribution >= 4 is 34.8 Å². The number of nitrogens with zero attached hydrogens (tertiary/aromatic N) is 2. The summed E-state index contributed by atoms with van der Waals surface area (Å²) in [6.07, 6.45) is 1.93. The predicted molar refractivity (Wildman–Crippen MR) is 138 cm³/mol. The normalized spacial score (nSPS) is 18.4. The summed E-state index contributed by atoms with van der Waals surface area (Å²) < 4.78 is 5.55. The number of hydrogen-bond donors (Lipinski definition) is 1. The highest BCUT2D eigenvalue weighted by atomic mass is 35.5. The van der Waals surface area contributed by atoms with Gasteiger partial charge in [0.1, 0.15) is 0 Å². The highest BCUT2D eigenvalue weighted by Gasteiger charge is 2.30. The Morgan fingerprint density at radius 3 is 2.37 bits per heavy atom. The van der Waals surface area contributed by atoms with Gasteiger partial charge in [0.05, 0.1) is 23.8 Å². The van der Waals surface area contributed by atoms with Crippen LogP contribution in [0.2, 0.25) is 5.02 Å². The third-order valence-corrected chi connectivity index (χ3v) is 7.02. The zero-order valence-corrected chi connectivity index (χ0v) is 20.2. The molecule has 35 heavy (non-hydrogen) atoms. The van der Waals surface area contributed by atoms with Crippen LogP contribution in [-0.2, 0) is 4.74 Å². The van der Waals surface area contributed by atoms with E-state index in [0.717, 1.165) is 44.8 Å². The molecule has 1 atom stereocenters. The number of anilines is 2. The second kappa shape index (κ2) is 10.6. The van der Waals surface area contributed by atoms with Gasteiger partial charge in [0.2, 0.25) is 0 Å². The van der Waals surface area contributed by atoms with Crippen molar-refractivity contribution in [2.75, 3.05) is 43.1 Å². The minimum absolute atomic E-state index is 0.0379. The van der Waals surface area contributed by atoms with Gasteiger partial charge in [0, 0.05) is 42.6 Å². The average Bonchev–Trinajstić information content (AvgIpc) is 3.09. The van der Waals surface area contributed by atoms with Crippen LogP contribution in [0.5, 0.6) is 0 Å². The highest BCUT2D eigenvalue weighted by Crippen LogP contribution is 2.37. The summed E-state index contributed by atoms with van der Waals surface area (Å²) in [7, 11) is 0. The molecule has 3 aromatic rings. The summed E-state index contributed by atoms with van der Waals surface area (Å²) >= 11 is 6.13. The second-order valence-electron chi connectivity index (χ2n) is 8.83. The van der Waals surface area contributed by atoms with E-state index in [-0.39, 0.29) is 17.9 Å². The molecular weight excluding hydrogens is 462 g/mol. The molecule has 2 amide bonds. The van der Waals surface area contributed by atoms with Crippen molar-refractivity contribution in [1.29, 1.82) is 0 Å². The van der Waals surface area contributed by atoms with Gasteiger partial charge in [-0.3, -0.25) is 14.5 Å². The maximum Gasteiger partial charge on any atom is 0.258 e. The first kappa shape index (κ1) is 23.5. The maximum absolute atomic E-state index is 13.6. The quantitative estimate of drug-likeness (QED) is 0.532. The molecule has 0 saturated carbocycles. The van der Waals surface area contributed by atoms with Gasteiger partial charge in [-0.1, -0.05) is 41.9 Å². The summed E-state index contributed by atoms with van der Waals surface area (Å²) in [6, 6.07) is 22.5. The fourth-order valence-corrected chi connectivity index (χ4v) is 5.13. The Morgan fingerprint density at radius 2 is 1.60 bits per heavy atom. The lowest BCUT2D eigenvalue weighted by Crippen LogP contribution is -2.39. The number of benzene rings is 3. The van der Waals surface area contributed by atoms with E-state index in [0.29, 0.717) is 28.4 Å². The van der Waals surface area contributed by atoms with Gasteiger partial charge in [0.15, 0.2) is 0 Å². The number of halogens is 1. The van der Waals surface area contributed by atoms with Crippen molar-refractivity contribution in [3.05, 3.63) is 94.5 Å². The van der Waals surface area contributed by atoms with Crippen molar-refractivity contribution in [1.82, 2.24) is 4.90 Å². The van der Waals surface area contributed by atoms with E-state index in [9.17, 15) is 9.59 Å². The monoisotopic (exact) mass is 489 g/mol. The van der Waals surface area contributed by atoms with Crippen LogP contribution < -0.4 is 10.2 Å². The molecule has 3 aromatic carbocycles. The Hall–Kier alpha value is -3.19. The van der Waals surface area contributed by atoms with E-state index in [1.807, 2.05) is 17.0 Å². The van der Waals surface area contributed by atoms with Crippen LogP contribution in [0.3, 0.4) is 0 Å². The van der Waals surface area contributed by atoms with Crippen LogP contribution >= 0.6 is 11.6 Å². The van der Waals surface area contributed by atoms with Crippen LogP contribution in [0.25, 0.3) is 0 Å². The largest absolute Gasteiger partial charge is 0.379 e. The lowest BCUT2D eigenvalue weighted by Gasteiger charge is -2.35. The topological polar surface area (TPSA) is 61.9 Å². The Balaban J connectivity index is 1.34. The molecule has 0 aromatic heterocycles. The van der Waals surface area contributed by atoms with Crippen LogP contribution in [0.4, 0.5) is 11.4 Å². The number of carbonyl (C=O) groups excluding carboxylic acids is 2. The van der Waals surface area contributed by atoms with Gasteiger partial charge in [-0.05, 0) is 60.9 Å². The number of ether oxygens (including phenoxy) is 1. The maximum atomic E-state index is 13.6. The molecule has 0 bridgehead atoms. The van der Waals surface area contributed by atoms with Crippen molar-refractivity contribution in [2.45, 2.75) is 18.9 Å². The summed E-state index contributed by atoms with van der Waals surface area (Å²) in [5.41, 5.74) is 3.77. The smallest absolute Gasteiger partial charge is 0.258 e. The molecule has 1 fully saturated rings. The van der Waals surface area contributed by atoms with Crippen LogP contribution in [-0.4, -0.2) is 49.6 Å². The van der Waals surface area contributed by atoms with Gasteiger partial charge < -0.3 is 15.0 Å². The van der Waals surface area contributed by atoms with Gasteiger partial charge in [-0.25, -0.2) is 0 Å². The highest BCUT2D eigenvalue weighted by molar-refractivity contribution is 6.34. The average molecular weight is 490 g/mol. The molecule has 2 heterocycles. The third-order valence-electron chi connectivity index (χ3n) is 6.69. The van der Waals surface area contributed by atoms with Crippen LogP contribution in [0, 0.1) is 0 Å². The number of amides is 2. The minimum atomic E-state index is -0.287. The van der Waals surface area contributed by atoms with Crippen molar-refractivity contribution in [3.8, 4) is 0 Å². The Kier molecular flexibility index (Phi) is 7.13. The van der Waals surface area contributed by atoms with Gasteiger partial charge in [0.25, 0.3) is 11.8 Å². The molecule has 1 saturated heterocycles. The first-order valence-corrected chi connectivity index (χ1v) is 12.4. The van der Waals surface area contributed by atoms with E-state index in [1.165, 1.54) is 5.56 Å². The molecule has 6 nitrogen and oxygen atoms in total. The fourth-order valence-electron chi connectivity index (χ4n) is 4.91. The number of fused-ring (bicyclic) bond motifs is 1. The Bertz CT molecular complexity index is 1210. The zero-order chi connectivity index (χ0) is 24.2. The number of rotatable bonds is 4. The molecule has 1 N–H and O–H groups in total. The van der Waals surface area contributed by atoms with Crippen molar-refractivity contribution in [3.63, 3.8) is 0 Å². The number of carbonyl (C=O) groups is 2. The standard InChI is InChI=1S/C28H28ClN3O3/c29-24-8-3-1-6-22(24)27(33)30-21-13-11-20(12-14-21)28(34)32-15-5-10-25(31-16-18-35-19-17-31)23-7-2-4-9-26(23)32/h1-4,6-9,11-14,25H,5,10,15-19H2,(H,30,33). The van der Waals surface area contributed by atoms with E-state index in [1.54, 1.807) is 48.5 Å². The predicted octanol–water partition coefficient (Wildman–Crippen LogP) is 5.41. The summed E-state index contributed by atoms with van der Waals surface area (Å²) in [6.45, 7) is 3.99. The number of nitrogens with one attached hydrogen (secondary N) is 1. The molecule has 7 heteroatoms. The first-order chi connectivity index (χ1) is 17.1. The number of morpholine rings is 1. The van der Waals surface area contributed by atoms with Gasteiger partial charge in [-0.15, -0.1) is 0 Å². The van der Waals surface area contributed by atoms with E-state index in [2.05, 4.69) is 22.3 Å². The lowest BCUT2D eigenvalue weighted by atomic mass is 9.99. The molecule has 1 unspecified atom stereocenters. The molecule has 5 rings (SSSR count). The summed E-state index contributed by atoms with van der Waals surface area (Å²) in [5, 5.41) is 3.24. The Morgan fingerprint density at radius 1 is 0.886 bits per heavy atom. The number of hydrogen-bond acceptors (Lipinski definition) is 4. The lowest BCUT2D eigenvalue weighted by molar-refractivity contribution is 0.0144. The number of para-hydroxylation sites is 1. The van der Waals surface area contributed by atoms with E-state index in [4.69, 9.17) is 16.3 Å². The van der Waals surface area contributed by atoms with Crippen molar-refractivity contribution in [2.24, 2.45) is 0 Å². The second-order valence-corrected chi connectivity index (χ2v) is 9.24. The molecular formula is C28H28ClN3O3. The van der Waals surface area contributed by atoms with Crippen LogP contribution in [0.15, 0.2) is 72.8 Å². The minimum Gasteiger partial charge on any atom is -0.379 e. The molecule has 2 aliphatic heterocycles. The summed E-state index contributed by atoms with van der Waals surface area (Å²) in [4.78, 5) is 30.5. The van der Waals surface area contributed by atoms with Gasteiger partial charge >= 0.3 is 0 Å². The zero-order valence-electron chi connectivity index (χ0n) is 19.5. The molecule has 0 spiro atoms. The molecule has 2 aliphatic rings. The first-order valence-electron chi connectivity index (χ1n) is 12.0. The molecule has 180 valence electrons. The summed E-state index contributed by atoms with van der Waals surface area (Å²) in [5.74, 6) is -0.325. The Labute approximate surface area is 210 Å². The van der Waals surface area contributed by atoms with Gasteiger partial charge in [-0.2, -0.15) is 0 Å². The fraction of sp³-hybridized carbons (Fsp3) is 0.286. The van der Waals surface area contributed by atoms with E-state index < -0.39 is 0 Å². The van der Waals surface area contributed by atoms with E-state index >= 15 is 0 Å². The van der Waals surface area contributed by atoms with Crippen molar-refractivity contribution < 1.29 is 14.3 Å². The molecule has 0 aliphatic carbocycles.